The average Bonchev–Trinajstić information content (AvgIpc) is 3.04. The summed E-state index contributed by atoms with van der Waals surface area (Å²) in [6.07, 6.45) is -10.7. The van der Waals surface area contributed by atoms with E-state index in [0.717, 1.165) is 0 Å². The van der Waals surface area contributed by atoms with Crippen LogP contribution >= 0.6 is 0 Å². The van der Waals surface area contributed by atoms with Gasteiger partial charge in [-0.15, -0.1) is 0 Å². The molecule has 116 valence electrons. The van der Waals surface area contributed by atoms with Crippen molar-refractivity contribution in [3.8, 4) is 0 Å². The average molecular weight is 307 g/mol. The van der Waals surface area contributed by atoms with Crippen molar-refractivity contribution >= 4 is 11.7 Å². The van der Waals surface area contributed by atoms with E-state index in [4.69, 9.17) is 10.9 Å². The van der Waals surface area contributed by atoms with E-state index in [1.165, 1.54) is 0 Å². The predicted octanol–water partition coefficient (Wildman–Crippen LogP) is 1.37. The van der Waals surface area contributed by atoms with E-state index < -0.39 is 42.0 Å². The van der Waals surface area contributed by atoms with Crippen LogP contribution in [0, 0.1) is 11.8 Å². The van der Waals surface area contributed by atoms with Crippen molar-refractivity contribution in [2.75, 3.05) is 0 Å². The molecule has 0 bridgehead atoms. The van der Waals surface area contributed by atoms with Gasteiger partial charge in [0.1, 0.15) is 0 Å². The number of hydrogen-bond donors (Lipinski definition) is 3. The molecular formula is C9H11F6N3O2. The van der Waals surface area contributed by atoms with Crippen LogP contribution in [-0.4, -0.2) is 35.3 Å². The number of amidine groups is 1. The van der Waals surface area contributed by atoms with Crippen molar-refractivity contribution in [1.29, 1.82) is 0 Å². The lowest BCUT2D eigenvalue weighted by atomic mass is 10.1. The number of carbonyl (C=O) groups excluding carboxylic acids is 1. The van der Waals surface area contributed by atoms with Gasteiger partial charge in [-0.1, -0.05) is 5.16 Å². The molecule has 1 saturated carbocycles. The van der Waals surface area contributed by atoms with Gasteiger partial charge in [0, 0.05) is 0 Å². The van der Waals surface area contributed by atoms with E-state index in [9.17, 15) is 31.1 Å². The van der Waals surface area contributed by atoms with E-state index in [2.05, 4.69) is 5.16 Å². The van der Waals surface area contributed by atoms with Crippen LogP contribution in [0.15, 0.2) is 5.16 Å². The molecule has 1 amide bonds. The molecule has 0 saturated heterocycles. The molecule has 1 aliphatic rings. The van der Waals surface area contributed by atoms with Gasteiger partial charge in [-0.05, 0) is 18.8 Å². The highest BCUT2D eigenvalue weighted by Crippen LogP contribution is 2.40. The first-order valence-electron chi connectivity index (χ1n) is 5.39. The quantitative estimate of drug-likeness (QED) is 0.241. The standard InChI is InChI=1S/C9H11F6N3O2/c10-8(11,12)5(9(13,14)15)7(19)17-4(3-1-2-3)6(16)18-20/h3-5,20H,1-2H2,(H2,16,18)(H,17,19). The van der Waals surface area contributed by atoms with E-state index in [1.807, 2.05) is 0 Å². The van der Waals surface area contributed by atoms with Crippen LogP contribution in [-0.2, 0) is 4.79 Å². The number of carbonyl (C=O) groups is 1. The summed E-state index contributed by atoms with van der Waals surface area (Å²) >= 11 is 0. The van der Waals surface area contributed by atoms with Gasteiger partial charge < -0.3 is 16.3 Å². The molecule has 0 aromatic carbocycles. The topological polar surface area (TPSA) is 87.7 Å². The highest BCUT2D eigenvalue weighted by Gasteiger charge is 2.61. The Bertz CT molecular complexity index is 387. The maximum atomic E-state index is 12.3. The van der Waals surface area contributed by atoms with Crippen molar-refractivity contribution in [2.24, 2.45) is 22.7 Å². The minimum absolute atomic E-state index is 0.433. The maximum Gasteiger partial charge on any atom is 0.409 e. The number of nitrogens with zero attached hydrogens (tertiary/aromatic N) is 1. The Labute approximate surface area is 108 Å². The summed E-state index contributed by atoms with van der Waals surface area (Å²) in [4.78, 5) is 11.3. The third-order valence-corrected chi connectivity index (χ3v) is 2.74. The Hall–Kier alpha value is -1.68. The normalized spacial score (nSPS) is 19.1. The van der Waals surface area contributed by atoms with Crippen molar-refractivity contribution in [3.05, 3.63) is 0 Å². The van der Waals surface area contributed by atoms with Crippen LogP contribution in [0.4, 0.5) is 26.3 Å². The largest absolute Gasteiger partial charge is 0.409 e. The lowest BCUT2D eigenvalue weighted by Gasteiger charge is -2.25. The second-order valence-corrected chi connectivity index (χ2v) is 4.36. The van der Waals surface area contributed by atoms with Crippen LogP contribution in [0.25, 0.3) is 0 Å². The highest BCUT2D eigenvalue weighted by molar-refractivity contribution is 5.91. The van der Waals surface area contributed by atoms with E-state index in [-0.39, 0.29) is 0 Å². The third-order valence-electron chi connectivity index (χ3n) is 2.74. The molecule has 0 aromatic heterocycles. The molecule has 1 aliphatic carbocycles. The second kappa shape index (κ2) is 5.37. The Balaban J connectivity index is 2.90. The number of rotatable bonds is 4. The van der Waals surface area contributed by atoms with Crippen molar-refractivity contribution in [2.45, 2.75) is 31.2 Å². The summed E-state index contributed by atoms with van der Waals surface area (Å²) in [5.41, 5.74) is 5.15. The van der Waals surface area contributed by atoms with Crippen LogP contribution < -0.4 is 11.1 Å². The number of halogens is 6. The maximum absolute atomic E-state index is 12.3. The van der Waals surface area contributed by atoms with Gasteiger partial charge in [-0.3, -0.25) is 4.79 Å². The smallest absolute Gasteiger partial charge is 0.409 e. The first-order chi connectivity index (χ1) is 8.98. The zero-order valence-electron chi connectivity index (χ0n) is 9.79. The van der Waals surface area contributed by atoms with Gasteiger partial charge >= 0.3 is 12.4 Å². The molecule has 1 fully saturated rings. The minimum atomic E-state index is -5.78. The van der Waals surface area contributed by atoms with Gasteiger partial charge in [0.25, 0.3) is 0 Å². The van der Waals surface area contributed by atoms with E-state index in [1.54, 1.807) is 5.32 Å². The number of hydrogen-bond acceptors (Lipinski definition) is 3. The summed E-state index contributed by atoms with van der Waals surface area (Å²) in [6, 6.07) is -1.35. The zero-order chi connectivity index (χ0) is 15.7. The van der Waals surface area contributed by atoms with E-state index >= 15 is 0 Å². The van der Waals surface area contributed by atoms with Gasteiger partial charge in [-0.2, -0.15) is 26.3 Å². The summed E-state index contributed by atoms with van der Waals surface area (Å²) in [5.74, 6) is -7.49. The first-order valence-corrected chi connectivity index (χ1v) is 5.39. The molecule has 0 radical (unpaired) electrons. The fourth-order valence-corrected chi connectivity index (χ4v) is 1.64. The van der Waals surface area contributed by atoms with Crippen LogP contribution in [0.1, 0.15) is 12.8 Å². The monoisotopic (exact) mass is 307 g/mol. The molecule has 0 spiro atoms. The van der Waals surface area contributed by atoms with Crippen LogP contribution in [0.5, 0.6) is 0 Å². The number of amides is 1. The second-order valence-electron chi connectivity index (χ2n) is 4.36. The molecule has 1 unspecified atom stereocenters. The molecule has 5 nitrogen and oxygen atoms in total. The number of alkyl halides is 6. The number of oxime groups is 1. The van der Waals surface area contributed by atoms with E-state index in [0.29, 0.717) is 12.8 Å². The van der Waals surface area contributed by atoms with Gasteiger partial charge in [0.2, 0.25) is 11.8 Å². The summed E-state index contributed by atoms with van der Waals surface area (Å²) in [5, 5.41) is 12.5. The fraction of sp³-hybridized carbons (Fsp3) is 0.778. The Kier molecular flexibility index (Phi) is 4.39. The van der Waals surface area contributed by atoms with Gasteiger partial charge in [0.15, 0.2) is 5.84 Å². The Morgan fingerprint density at radius 3 is 1.95 bits per heavy atom. The molecule has 0 aliphatic heterocycles. The number of nitrogens with one attached hydrogen (secondary N) is 1. The Morgan fingerprint density at radius 2 is 1.65 bits per heavy atom. The van der Waals surface area contributed by atoms with Crippen molar-refractivity contribution in [1.82, 2.24) is 5.32 Å². The summed E-state index contributed by atoms with van der Waals surface area (Å²) in [6.45, 7) is 0. The Morgan fingerprint density at radius 1 is 1.20 bits per heavy atom. The molecule has 4 N–H and O–H groups in total. The number of nitrogens with two attached hydrogens (primary N) is 1. The minimum Gasteiger partial charge on any atom is -0.409 e. The lowest BCUT2D eigenvalue weighted by Crippen LogP contribution is -2.54. The predicted molar refractivity (Wildman–Crippen MR) is 53.7 cm³/mol. The van der Waals surface area contributed by atoms with Crippen LogP contribution in [0.3, 0.4) is 0 Å². The molecular weight excluding hydrogens is 296 g/mol. The highest BCUT2D eigenvalue weighted by atomic mass is 19.4. The molecule has 0 heterocycles. The molecule has 0 aromatic rings. The third kappa shape index (κ3) is 3.90. The fourth-order valence-electron chi connectivity index (χ4n) is 1.64. The zero-order valence-corrected chi connectivity index (χ0v) is 9.79. The molecule has 1 rings (SSSR count). The molecule has 20 heavy (non-hydrogen) atoms. The molecule has 11 heteroatoms. The van der Waals surface area contributed by atoms with Crippen molar-refractivity contribution in [3.63, 3.8) is 0 Å². The molecule has 1 atom stereocenters. The first kappa shape index (κ1) is 16.4. The van der Waals surface area contributed by atoms with Crippen LogP contribution in [0.2, 0.25) is 0 Å². The lowest BCUT2D eigenvalue weighted by molar-refractivity contribution is -0.274. The SMILES string of the molecule is NC(=NO)C(NC(=O)C(C(F)(F)F)C(F)(F)F)C1CC1. The summed E-state index contributed by atoms with van der Waals surface area (Å²) < 4.78 is 73.9. The van der Waals surface area contributed by atoms with Gasteiger partial charge in [-0.25, -0.2) is 0 Å². The van der Waals surface area contributed by atoms with Gasteiger partial charge in [0.05, 0.1) is 6.04 Å². The summed E-state index contributed by atoms with van der Waals surface area (Å²) in [7, 11) is 0. The van der Waals surface area contributed by atoms with Crippen molar-refractivity contribution < 1.29 is 36.3 Å².